The fraction of sp³-hybridized carbons (Fsp3) is 0.625. The molecule has 0 aliphatic heterocycles. The molecule has 0 N–H and O–H groups in total. The Morgan fingerprint density at radius 3 is 2.43 bits per heavy atom. The Morgan fingerprint density at radius 2 is 2.00 bits per heavy atom. The minimum Gasteiger partial charge on any atom is -0.360 e. The average Bonchev–Trinajstić information content (AvgIpc) is 2.31. The first-order valence-corrected chi connectivity index (χ1v) is 6.55. The van der Waals surface area contributed by atoms with Gasteiger partial charge in [-0.3, -0.25) is 4.57 Å². The summed E-state index contributed by atoms with van der Waals surface area (Å²) < 4.78 is 9.80. The molecule has 0 aromatic carbocycles. The number of hydrogen-bond donors (Lipinski definition) is 0. The Morgan fingerprint density at radius 1 is 1.36 bits per heavy atom. The molecule has 0 saturated heterocycles. The molecule has 14 heavy (non-hydrogen) atoms. The van der Waals surface area contributed by atoms with E-state index in [2.05, 4.69) is 66.6 Å². The van der Waals surface area contributed by atoms with E-state index in [1.807, 2.05) is 4.57 Å². The zero-order valence-electron chi connectivity index (χ0n) is 7.93. The monoisotopic (exact) mass is 388 g/mol. The van der Waals surface area contributed by atoms with Gasteiger partial charge in [0.15, 0.2) is 4.73 Å². The molecule has 0 aliphatic carbocycles. The highest BCUT2D eigenvalue weighted by Gasteiger charge is 2.10. The molecule has 6 heteroatoms. The number of nitrogens with zero attached hydrogens (tertiary/aromatic N) is 2. The summed E-state index contributed by atoms with van der Waals surface area (Å²) in [7, 11) is 0. The van der Waals surface area contributed by atoms with Crippen molar-refractivity contribution in [2.75, 3.05) is 6.61 Å². The third kappa shape index (κ3) is 3.32. The van der Waals surface area contributed by atoms with Crippen LogP contribution < -0.4 is 0 Å². The molecule has 0 bridgehead atoms. The first-order valence-electron chi connectivity index (χ1n) is 4.17. The van der Waals surface area contributed by atoms with E-state index in [1.54, 1.807) is 0 Å². The van der Waals surface area contributed by atoms with Crippen molar-refractivity contribution in [3.8, 4) is 0 Å². The maximum absolute atomic E-state index is 5.50. The van der Waals surface area contributed by atoms with Crippen LogP contribution in [0.2, 0.25) is 0 Å². The Bertz CT molecular complexity index is 312. The summed E-state index contributed by atoms with van der Waals surface area (Å²) in [6, 6.07) is 0. The first-order chi connectivity index (χ1) is 6.52. The second kappa shape index (κ2) is 5.63. The average molecular weight is 391 g/mol. The molecule has 3 nitrogen and oxygen atoms in total. The van der Waals surface area contributed by atoms with Gasteiger partial charge in [0.05, 0.1) is 6.61 Å². The topological polar surface area (TPSA) is 27.1 Å². The smallest absolute Gasteiger partial charge is 0.181 e. The van der Waals surface area contributed by atoms with Gasteiger partial charge in [-0.05, 0) is 53.7 Å². The van der Waals surface area contributed by atoms with Gasteiger partial charge in [0.25, 0.3) is 0 Å². The van der Waals surface area contributed by atoms with E-state index in [-0.39, 0.29) is 0 Å². The van der Waals surface area contributed by atoms with Gasteiger partial charge in [-0.25, -0.2) is 4.98 Å². The van der Waals surface area contributed by atoms with Crippen molar-refractivity contribution < 1.29 is 4.74 Å². The summed E-state index contributed by atoms with van der Waals surface area (Å²) in [6.07, 6.45) is 0. The first kappa shape index (κ1) is 12.7. The molecule has 1 aromatic rings. The Hall–Kier alpha value is 0.610. The highest BCUT2D eigenvalue weighted by atomic mass is 79.9. The Labute approximate surface area is 109 Å². The molecule has 0 amide bonds. The molecule has 1 aromatic heterocycles. The van der Waals surface area contributed by atoms with Crippen LogP contribution in [0.3, 0.4) is 0 Å². The maximum atomic E-state index is 5.50. The van der Waals surface area contributed by atoms with E-state index in [1.165, 1.54) is 0 Å². The lowest BCUT2D eigenvalue weighted by atomic mass is 10.2. The van der Waals surface area contributed by atoms with E-state index < -0.39 is 0 Å². The van der Waals surface area contributed by atoms with Crippen molar-refractivity contribution in [3.63, 3.8) is 0 Å². The van der Waals surface area contributed by atoms with Gasteiger partial charge in [-0.1, -0.05) is 13.8 Å². The standard InChI is InChI=1S/C8H11Br3N2O/c1-5(2)3-14-4-13-7(10)6(9)12-8(13)11/h5H,3-4H2,1-2H3. The molecular weight excluding hydrogens is 380 g/mol. The van der Waals surface area contributed by atoms with E-state index in [0.717, 1.165) is 20.5 Å². The predicted octanol–water partition coefficient (Wildman–Crippen LogP) is 3.80. The highest BCUT2D eigenvalue weighted by molar-refractivity contribution is 9.13. The summed E-state index contributed by atoms with van der Waals surface area (Å²) in [5.41, 5.74) is 0. The number of rotatable bonds is 4. The van der Waals surface area contributed by atoms with Crippen LogP contribution in [0.5, 0.6) is 0 Å². The summed E-state index contributed by atoms with van der Waals surface area (Å²) >= 11 is 10.1. The largest absolute Gasteiger partial charge is 0.360 e. The van der Waals surface area contributed by atoms with Gasteiger partial charge >= 0.3 is 0 Å². The Balaban J connectivity index is 2.58. The summed E-state index contributed by atoms with van der Waals surface area (Å²) in [6.45, 7) is 5.48. The van der Waals surface area contributed by atoms with Crippen LogP contribution >= 0.6 is 47.8 Å². The van der Waals surface area contributed by atoms with E-state index in [0.29, 0.717) is 12.6 Å². The van der Waals surface area contributed by atoms with Crippen LogP contribution in [0.15, 0.2) is 13.9 Å². The third-order valence-corrected chi connectivity index (χ3v) is 3.99. The van der Waals surface area contributed by atoms with Crippen molar-refractivity contribution in [2.24, 2.45) is 5.92 Å². The van der Waals surface area contributed by atoms with Crippen LogP contribution in [0.4, 0.5) is 0 Å². The van der Waals surface area contributed by atoms with E-state index in [4.69, 9.17) is 4.74 Å². The van der Waals surface area contributed by atoms with Crippen LogP contribution in [0.1, 0.15) is 13.8 Å². The molecule has 80 valence electrons. The zero-order valence-corrected chi connectivity index (χ0v) is 12.7. The minimum absolute atomic E-state index is 0.498. The van der Waals surface area contributed by atoms with E-state index >= 15 is 0 Å². The zero-order chi connectivity index (χ0) is 10.7. The number of hydrogen-bond acceptors (Lipinski definition) is 2. The van der Waals surface area contributed by atoms with Crippen LogP contribution in [-0.4, -0.2) is 16.2 Å². The fourth-order valence-corrected chi connectivity index (χ4v) is 2.54. The number of imidazole rings is 1. The van der Waals surface area contributed by atoms with Crippen LogP contribution in [0.25, 0.3) is 0 Å². The van der Waals surface area contributed by atoms with Crippen LogP contribution in [0, 0.1) is 5.92 Å². The van der Waals surface area contributed by atoms with Crippen molar-refractivity contribution in [1.82, 2.24) is 9.55 Å². The molecule has 0 fully saturated rings. The number of aromatic nitrogens is 2. The highest BCUT2D eigenvalue weighted by Crippen LogP contribution is 2.26. The molecule has 0 saturated carbocycles. The normalized spacial score (nSPS) is 11.3. The van der Waals surface area contributed by atoms with Gasteiger partial charge in [-0.15, -0.1) is 0 Å². The summed E-state index contributed by atoms with van der Waals surface area (Å²) in [4.78, 5) is 4.18. The molecule has 0 unspecified atom stereocenters. The number of ether oxygens (including phenoxy) is 1. The van der Waals surface area contributed by atoms with Crippen LogP contribution in [-0.2, 0) is 11.5 Å². The minimum atomic E-state index is 0.498. The lowest BCUT2D eigenvalue weighted by Crippen LogP contribution is -2.07. The van der Waals surface area contributed by atoms with Crippen molar-refractivity contribution in [1.29, 1.82) is 0 Å². The molecule has 1 heterocycles. The van der Waals surface area contributed by atoms with Gasteiger partial charge in [-0.2, -0.15) is 0 Å². The SMILES string of the molecule is CC(C)COCn1c(Br)nc(Br)c1Br. The molecular formula is C8H11Br3N2O. The number of halogens is 3. The molecule has 1 rings (SSSR count). The van der Waals surface area contributed by atoms with Gasteiger partial charge in [0.2, 0.25) is 0 Å². The quantitative estimate of drug-likeness (QED) is 0.781. The fourth-order valence-electron chi connectivity index (χ4n) is 0.869. The van der Waals surface area contributed by atoms with Crippen molar-refractivity contribution in [3.05, 3.63) is 13.9 Å². The lowest BCUT2D eigenvalue weighted by molar-refractivity contribution is 0.0552. The lowest BCUT2D eigenvalue weighted by Gasteiger charge is -2.09. The van der Waals surface area contributed by atoms with Crippen molar-refractivity contribution >= 4 is 47.8 Å². The molecule has 0 atom stereocenters. The second-order valence-corrected chi connectivity index (χ2v) is 5.50. The van der Waals surface area contributed by atoms with Gasteiger partial charge in [0, 0.05) is 0 Å². The maximum Gasteiger partial charge on any atom is 0.181 e. The summed E-state index contributed by atoms with van der Waals surface area (Å²) in [5.74, 6) is 0.541. The predicted molar refractivity (Wildman–Crippen MR) is 66.1 cm³/mol. The third-order valence-electron chi connectivity index (χ3n) is 1.49. The molecule has 0 aliphatic rings. The second-order valence-electron chi connectivity index (χ2n) is 3.28. The molecule has 0 radical (unpaired) electrons. The van der Waals surface area contributed by atoms with Gasteiger partial charge < -0.3 is 4.74 Å². The van der Waals surface area contributed by atoms with Crippen molar-refractivity contribution in [2.45, 2.75) is 20.6 Å². The Kier molecular flexibility index (Phi) is 5.10. The van der Waals surface area contributed by atoms with Gasteiger partial charge in [0.1, 0.15) is 15.9 Å². The van der Waals surface area contributed by atoms with E-state index in [9.17, 15) is 0 Å². The molecule has 0 spiro atoms. The summed E-state index contributed by atoms with van der Waals surface area (Å²) in [5, 5.41) is 0.